The van der Waals surface area contributed by atoms with Crippen LogP contribution in [0.2, 0.25) is 0 Å². The molecule has 0 N–H and O–H groups in total. The maximum absolute atomic E-state index is 6.14. The summed E-state index contributed by atoms with van der Waals surface area (Å²) in [7, 11) is 2.20. The minimum Gasteiger partial charge on any atom is -0.488 e. The minimum absolute atomic E-state index is 0.515. The van der Waals surface area contributed by atoms with Gasteiger partial charge in [0.1, 0.15) is 18.1 Å². The van der Waals surface area contributed by atoms with Crippen molar-refractivity contribution in [3.05, 3.63) is 53.0 Å². The third kappa shape index (κ3) is 3.29. The minimum atomic E-state index is 0.515. The number of pyridine rings is 1. The molecule has 1 atom stereocenters. The zero-order chi connectivity index (χ0) is 20.1. The van der Waals surface area contributed by atoms with Crippen LogP contribution in [0.25, 0.3) is 22.6 Å². The second kappa shape index (κ2) is 6.92. The van der Waals surface area contributed by atoms with Gasteiger partial charge in [0.05, 0.1) is 5.69 Å². The van der Waals surface area contributed by atoms with Crippen LogP contribution in [0.3, 0.4) is 0 Å². The van der Waals surface area contributed by atoms with Crippen molar-refractivity contribution >= 4 is 28.3 Å². The lowest BCUT2D eigenvalue weighted by atomic mass is 10.0. The van der Waals surface area contributed by atoms with Crippen LogP contribution in [-0.2, 0) is 0 Å². The smallest absolute Gasteiger partial charge is 0.155 e. The Morgan fingerprint density at radius 2 is 1.97 bits per heavy atom. The summed E-state index contributed by atoms with van der Waals surface area (Å²) >= 11 is 0. The van der Waals surface area contributed by atoms with E-state index < -0.39 is 0 Å². The zero-order valence-electron chi connectivity index (χ0n) is 17.5. The van der Waals surface area contributed by atoms with Crippen molar-refractivity contribution in [1.82, 2.24) is 9.88 Å². The van der Waals surface area contributed by atoms with Crippen molar-refractivity contribution in [3.63, 3.8) is 0 Å². The first-order valence-corrected chi connectivity index (χ1v) is 10.3. The summed E-state index contributed by atoms with van der Waals surface area (Å²) in [6.07, 6.45) is 2.18. The Hall–Kier alpha value is -2.79. The lowest BCUT2D eigenvalue weighted by molar-refractivity contribution is 0.234. The molecule has 150 valence electrons. The van der Waals surface area contributed by atoms with Crippen molar-refractivity contribution in [1.29, 1.82) is 0 Å². The second-order valence-electron chi connectivity index (χ2n) is 8.33. The Morgan fingerprint density at radius 3 is 2.79 bits per heavy atom. The van der Waals surface area contributed by atoms with Crippen molar-refractivity contribution in [2.45, 2.75) is 26.8 Å². The van der Waals surface area contributed by atoms with Gasteiger partial charge in [0.15, 0.2) is 5.58 Å². The molecule has 2 aliphatic heterocycles. The molecule has 0 radical (unpaired) electrons. The summed E-state index contributed by atoms with van der Waals surface area (Å²) in [6, 6.07) is 11.3. The summed E-state index contributed by atoms with van der Waals surface area (Å²) in [5, 5.41) is 1.09. The third-order valence-corrected chi connectivity index (χ3v) is 6.15. The highest BCUT2D eigenvalue weighted by molar-refractivity contribution is 5.90. The molecule has 0 bridgehead atoms. The van der Waals surface area contributed by atoms with Crippen LogP contribution in [0.1, 0.15) is 29.6 Å². The van der Waals surface area contributed by atoms with E-state index in [1.165, 1.54) is 5.69 Å². The third-order valence-electron chi connectivity index (χ3n) is 6.15. The lowest BCUT2D eigenvalue weighted by Gasteiger charge is -2.39. The number of likely N-dealkylation sites (N-methyl/N-ethyl adjacent to an activating group) is 1. The van der Waals surface area contributed by atoms with Crippen LogP contribution in [0.15, 0.2) is 34.7 Å². The number of anilines is 1. The van der Waals surface area contributed by atoms with E-state index in [2.05, 4.69) is 65.2 Å². The molecular formula is C24H27N3O2. The Morgan fingerprint density at radius 1 is 1.10 bits per heavy atom. The van der Waals surface area contributed by atoms with Crippen molar-refractivity contribution < 1.29 is 9.15 Å². The fraction of sp³-hybridized carbons (Fsp3) is 0.375. The van der Waals surface area contributed by atoms with E-state index in [0.29, 0.717) is 12.6 Å². The first-order valence-electron chi connectivity index (χ1n) is 10.3. The number of aryl methyl sites for hydroxylation is 2. The van der Waals surface area contributed by atoms with E-state index >= 15 is 0 Å². The summed E-state index contributed by atoms with van der Waals surface area (Å²) < 4.78 is 12.3. The van der Waals surface area contributed by atoms with Crippen LogP contribution in [0, 0.1) is 13.8 Å². The number of piperazine rings is 1. The Kier molecular flexibility index (Phi) is 4.36. The molecule has 2 aliphatic rings. The number of hydrogen-bond donors (Lipinski definition) is 0. The van der Waals surface area contributed by atoms with Crippen molar-refractivity contribution in [3.8, 4) is 5.75 Å². The SMILES string of the molecule is Cc1cc2cc(C3=Cc4ccc(N5CCN(C)[C@H](C)C5)cc4OC3)oc2c(C)n1. The van der Waals surface area contributed by atoms with Gasteiger partial charge in [0.2, 0.25) is 0 Å². The molecular weight excluding hydrogens is 362 g/mol. The molecule has 5 rings (SSSR count). The molecule has 29 heavy (non-hydrogen) atoms. The van der Waals surface area contributed by atoms with Crippen LogP contribution >= 0.6 is 0 Å². The highest BCUT2D eigenvalue weighted by atomic mass is 16.5. The normalized spacial score (nSPS) is 19.8. The molecule has 1 saturated heterocycles. The standard InChI is InChI=1S/C24H27N3O2/c1-15-9-19-11-23(29-24(19)17(3)25-15)20-10-18-5-6-21(12-22(18)28-14-20)27-8-7-26(4)16(2)13-27/h5-6,9-12,16H,7-8,13-14H2,1-4H3/t16-/m1/s1. The van der Waals surface area contributed by atoms with E-state index in [1.807, 2.05) is 13.8 Å². The summed E-state index contributed by atoms with van der Waals surface area (Å²) in [4.78, 5) is 9.37. The topological polar surface area (TPSA) is 41.7 Å². The molecule has 5 nitrogen and oxygen atoms in total. The average Bonchev–Trinajstić information content (AvgIpc) is 3.14. The fourth-order valence-electron chi connectivity index (χ4n) is 4.30. The molecule has 0 amide bonds. The number of furan rings is 1. The summed E-state index contributed by atoms with van der Waals surface area (Å²) in [5.74, 6) is 1.81. The zero-order valence-corrected chi connectivity index (χ0v) is 17.5. The molecule has 1 fully saturated rings. The van der Waals surface area contributed by atoms with Crippen LogP contribution in [0.4, 0.5) is 5.69 Å². The number of ether oxygens (including phenoxy) is 1. The number of nitrogens with zero attached hydrogens (tertiary/aromatic N) is 3. The van der Waals surface area contributed by atoms with Gasteiger partial charge in [-0.25, -0.2) is 0 Å². The van der Waals surface area contributed by atoms with Crippen LogP contribution in [0.5, 0.6) is 5.75 Å². The van der Waals surface area contributed by atoms with Gasteiger partial charge in [-0.1, -0.05) is 0 Å². The number of benzene rings is 1. The van der Waals surface area contributed by atoms with Gasteiger partial charge in [-0.15, -0.1) is 0 Å². The van der Waals surface area contributed by atoms with E-state index in [1.54, 1.807) is 0 Å². The number of rotatable bonds is 2. The monoisotopic (exact) mass is 389 g/mol. The van der Waals surface area contributed by atoms with Crippen molar-refractivity contribution in [2.75, 3.05) is 38.2 Å². The first kappa shape index (κ1) is 18.3. The van der Waals surface area contributed by atoms with Crippen LogP contribution < -0.4 is 9.64 Å². The Balaban J connectivity index is 1.44. The maximum atomic E-state index is 6.14. The van der Waals surface area contributed by atoms with Gasteiger partial charge in [-0.3, -0.25) is 4.98 Å². The van der Waals surface area contributed by atoms with E-state index in [-0.39, 0.29) is 0 Å². The van der Waals surface area contributed by atoms with Gasteiger partial charge in [-0.05, 0) is 58.2 Å². The number of aromatic nitrogens is 1. The first-order chi connectivity index (χ1) is 14.0. The molecule has 0 aliphatic carbocycles. The quantitative estimate of drug-likeness (QED) is 0.645. The lowest BCUT2D eigenvalue weighted by Crippen LogP contribution is -2.50. The van der Waals surface area contributed by atoms with E-state index in [0.717, 1.165) is 64.6 Å². The van der Waals surface area contributed by atoms with Crippen LogP contribution in [-0.4, -0.2) is 49.2 Å². The van der Waals surface area contributed by atoms with Gasteiger partial charge in [-0.2, -0.15) is 0 Å². The van der Waals surface area contributed by atoms with Crippen molar-refractivity contribution in [2.24, 2.45) is 0 Å². The molecule has 2 aromatic heterocycles. The van der Waals surface area contributed by atoms with Gasteiger partial charge in [0, 0.05) is 59.6 Å². The largest absolute Gasteiger partial charge is 0.488 e. The van der Waals surface area contributed by atoms with Gasteiger partial charge in [0.25, 0.3) is 0 Å². The second-order valence-corrected chi connectivity index (χ2v) is 8.33. The molecule has 0 spiro atoms. The van der Waals surface area contributed by atoms with Gasteiger partial charge < -0.3 is 19.0 Å². The molecule has 0 saturated carbocycles. The molecule has 4 heterocycles. The average molecular weight is 389 g/mol. The predicted octanol–water partition coefficient (Wildman–Crippen LogP) is 4.52. The van der Waals surface area contributed by atoms with E-state index in [9.17, 15) is 0 Å². The predicted molar refractivity (Wildman–Crippen MR) is 118 cm³/mol. The highest BCUT2D eigenvalue weighted by Crippen LogP contribution is 2.36. The summed E-state index contributed by atoms with van der Waals surface area (Å²) in [5.41, 5.74) is 6.19. The fourth-order valence-corrected chi connectivity index (χ4v) is 4.30. The van der Waals surface area contributed by atoms with E-state index in [4.69, 9.17) is 9.15 Å². The maximum Gasteiger partial charge on any atom is 0.155 e. The molecule has 1 aromatic carbocycles. The number of hydrogen-bond acceptors (Lipinski definition) is 5. The molecule has 5 heteroatoms. The highest BCUT2D eigenvalue weighted by Gasteiger charge is 2.23. The molecule has 3 aromatic rings. The van der Waals surface area contributed by atoms with Gasteiger partial charge >= 0.3 is 0 Å². The Labute approximate surface area is 171 Å². The molecule has 0 unspecified atom stereocenters. The summed E-state index contributed by atoms with van der Waals surface area (Å²) in [6.45, 7) is 9.97. The Bertz CT molecular complexity index is 1110. The number of fused-ring (bicyclic) bond motifs is 2.